The van der Waals surface area contributed by atoms with E-state index in [1.165, 1.54) is 5.56 Å². The fourth-order valence-corrected chi connectivity index (χ4v) is 3.16. The van der Waals surface area contributed by atoms with E-state index in [1.807, 2.05) is 0 Å². The van der Waals surface area contributed by atoms with Crippen LogP contribution in [-0.2, 0) is 11.3 Å². The van der Waals surface area contributed by atoms with Gasteiger partial charge < -0.3 is 11.1 Å². The van der Waals surface area contributed by atoms with E-state index in [4.69, 9.17) is 5.73 Å². The average molecular weight is 390 g/mol. The van der Waals surface area contributed by atoms with Crippen LogP contribution in [-0.4, -0.2) is 36.5 Å². The first-order valence-corrected chi connectivity index (χ1v) is 9.03. The van der Waals surface area contributed by atoms with Gasteiger partial charge in [-0.2, -0.15) is 0 Å². The van der Waals surface area contributed by atoms with Gasteiger partial charge in [0.15, 0.2) is 0 Å². The summed E-state index contributed by atoms with van der Waals surface area (Å²) in [5, 5.41) is 3.20. The maximum atomic E-state index is 12.0. The molecular weight excluding hydrogens is 357 g/mol. The van der Waals surface area contributed by atoms with E-state index < -0.39 is 0 Å². The minimum atomic E-state index is 0. The quantitative estimate of drug-likeness (QED) is 0.635. The van der Waals surface area contributed by atoms with Crippen molar-refractivity contribution in [3.05, 3.63) is 35.9 Å². The zero-order valence-electron chi connectivity index (χ0n) is 15.0. The molecule has 0 atom stereocenters. The molecule has 0 bridgehead atoms. The van der Waals surface area contributed by atoms with E-state index in [-0.39, 0.29) is 30.7 Å². The van der Waals surface area contributed by atoms with Crippen LogP contribution < -0.4 is 11.1 Å². The van der Waals surface area contributed by atoms with Crippen molar-refractivity contribution in [1.82, 2.24) is 10.2 Å². The summed E-state index contributed by atoms with van der Waals surface area (Å²) >= 11 is 0. The number of nitrogens with two attached hydrogens (primary N) is 1. The van der Waals surface area contributed by atoms with Crippen molar-refractivity contribution in [2.75, 3.05) is 19.6 Å². The number of likely N-dealkylation sites (tertiary alicyclic amines) is 1. The van der Waals surface area contributed by atoms with E-state index in [0.29, 0.717) is 12.5 Å². The molecule has 1 aliphatic rings. The maximum absolute atomic E-state index is 12.0. The first-order chi connectivity index (χ1) is 11.3. The summed E-state index contributed by atoms with van der Waals surface area (Å²) in [6, 6.07) is 11.0. The lowest BCUT2D eigenvalue weighted by atomic mass is 10.0. The summed E-state index contributed by atoms with van der Waals surface area (Å²) in [7, 11) is 0. The Kier molecular flexibility index (Phi) is 13.9. The Labute approximate surface area is 164 Å². The van der Waals surface area contributed by atoms with Crippen molar-refractivity contribution >= 4 is 30.7 Å². The molecule has 0 spiro atoms. The molecule has 0 radical (unpaired) electrons. The molecule has 4 nitrogen and oxygen atoms in total. The molecule has 1 amide bonds. The number of nitrogens with one attached hydrogen (secondary N) is 1. The largest absolute Gasteiger partial charge is 0.353 e. The Morgan fingerprint density at radius 3 is 2.32 bits per heavy atom. The van der Waals surface area contributed by atoms with Crippen molar-refractivity contribution in [3.63, 3.8) is 0 Å². The molecule has 1 fully saturated rings. The van der Waals surface area contributed by atoms with Gasteiger partial charge in [-0.25, -0.2) is 0 Å². The molecule has 1 aliphatic heterocycles. The van der Waals surface area contributed by atoms with Crippen molar-refractivity contribution < 1.29 is 4.79 Å². The van der Waals surface area contributed by atoms with Crippen molar-refractivity contribution in [2.45, 2.75) is 57.5 Å². The van der Waals surface area contributed by atoms with Gasteiger partial charge in [-0.3, -0.25) is 9.69 Å². The van der Waals surface area contributed by atoms with E-state index in [2.05, 4.69) is 40.5 Å². The molecule has 1 heterocycles. The molecule has 144 valence electrons. The van der Waals surface area contributed by atoms with Gasteiger partial charge in [0.05, 0.1) is 0 Å². The van der Waals surface area contributed by atoms with Gasteiger partial charge in [0.25, 0.3) is 0 Å². The van der Waals surface area contributed by atoms with Gasteiger partial charge >= 0.3 is 0 Å². The SMILES string of the molecule is Cl.Cl.NCCCCCCC(=O)NC1CCN(Cc2ccccc2)CC1. The van der Waals surface area contributed by atoms with E-state index in [9.17, 15) is 4.79 Å². The highest BCUT2D eigenvalue weighted by molar-refractivity contribution is 5.85. The minimum Gasteiger partial charge on any atom is -0.353 e. The molecule has 1 saturated heterocycles. The molecule has 0 aromatic heterocycles. The van der Waals surface area contributed by atoms with E-state index in [1.54, 1.807) is 0 Å². The number of amides is 1. The molecule has 0 unspecified atom stereocenters. The second kappa shape index (κ2) is 14.4. The Morgan fingerprint density at radius 2 is 1.68 bits per heavy atom. The Hall–Kier alpha value is -0.810. The lowest BCUT2D eigenvalue weighted by Gasteiger charge is -2.32. The Morgan fingerprint density at radius 1 is 1.04 bits per heavy atom. The van der Waals surface area contributed by atoms with Crippen LogP contribution in [0.1, 0.15) is 50.5 Å². The van der Waals surface area contributed by atoms with E-state index >= 15 is 0 Å². The number of halogens is 2. The molecule has 0 saturated carbocycles. The molecule has 3 N–H and O–H groups in total. The predicted molar refractivity (Wildman–Crippen MR) is 110 cm³/mol. The van der Waals surface area contributed by atoms with Crippen LogP contribution in [0.4, 0.5) is 0 Å². The summed E-state index contributed by atoms with van der Waals surface area (Å²) in [6.07, 6.45) is 7.09. The van der Waals surface area contributed by atoms with Gasteiger partial charge in [0.1, 0.15) is 0 Å². The molecule has 25 heavy (non-hydrogen) atoms. The van der Waals surface area contributed by atoms with Crippen molar-refractivity contribution in [2.24, 2.45) is 5.73 Å². The smallest absolute Gasteiger partial charge is 0.220 e. The zero-order chi connectivity index (χ0) is 16.3. The number of carbonyl (C=O) groups is 1. The molecule has 2 rings (SSSR count). The fraction of sp³-hybridized carbons (Fsp3) is 0.632. The predicted octanol–water partition coefficient (Wildman–Crippen LogP) is 3.52. The average Bonchev–Trinajstić information content (AvgIpc) is 2.57. The van der Waals surface area contributed by atoms with Gasteiger partial charge in [0.2, 0.25) is 5.91 Å². The fourth-order valence-electron chi connectivity index (χ4n) is 3.16. The number of carbonyl (C=O) groups excluding carboxylic acids is 1. The number of nitrogens with zero attached hydrogens (tertiary/aromatic N) is 1. The van der Waals surface area contributed by atoms with Gasteiger partial charge in [0, 0.05) is 32.1 Å². The van der Waals surface area contributed by atoms with Crippen LogP contribution in [0.25, 0.3) is 0 Å². The van der Waals surface area contributed by atoms with Crippen LogP contribution >= 0.6 is 24.8 Å². The molecular formula is C19H33Cl2N3O. The molecule has 1 aromatic rings. The highest BCUT2D eigenvalue weighted by Gasteiger charge is 2.20. The number of hydrogen-bond donors (Lipinski definition) is 2. The summed E-state index contributed by atoms with van der Waals surface area (Å²) in [6.45, 7) is 3.91. The monoisotopic (exact) mass is 389 g/mol. The third-order valence-corrected chi connectivity index (χ3v) is 4.56. The van der Waals surface area contributed by atoms with E-state index in [0.717, 1.165) is 64.7 Å². The van der Waals surface area contributed by atoms with Crippen LogP contribution in [0, 0.1) is 0 Å². The number of rotatable bonds is 9. The van der Waals surface area contributed by atoms with Gasteiger partial charge in [-0.05, 0) is 37.8 Å². The van der Waals surface area contributed by atoms with Crippen LogP contribution in [0.3, 0.4) is 0 Å². The number of unbranched alkanes of at least 4 members (excludes halogenated alkanes) is 3. The molecule has 1 aromatic carbocycles. The summed E-state index contributed by atoms with van der Waals surface area (Å²) in [4.78, 5) is 14.4. The lowest BCUT2D eigenvalue weighted by molar-refractivity contribution is -0.122. The van der Waals surface area contributed by atoms with Crippen molar-refractivity contribution in [3.8, 4) is 0 Å². The van der Waals surface area contributed by atoms with Crippen LogP contribution in [0.2, 0.25) is 0 Å². The third kappa shape index (κ3) is 10.0. The summed E-state index contributed by atoms with van der Waals surface area (Å²) in [5.74, 6) is 0.222. The second-order valence-corrected chi connectivity index (χ2v) is 6.56. The molecule has 6 heteroatoms. The lowest BCUT2D eigenvalue weighted by Crippen LogP contribution is -2.44. The molecule has 0 aliphatic carbocycles. The van der Waals surface area contributed by atoms with Crippen LogP contribution in [0.5, 0.6) is 0 Å². The number of hydrogen-bond acceptors (Lipinski definition) is 3. The second-order valence-electron chi connectivity index (χ2n) is 6.56. The zero-order valence-corrected chi connectivity index (χ0v) is 16.6. The third-order valence-electron chi connectivity index (χ3n) is 4.56. The highest BCUT2D eigenvalue weighted by Crippen LogP contribution is 2.14. The van der Waals surface area contributed by atoms with Crippen LogP contribution in [0.15, 0.2) is 30.3 Å². The first-order valence-electron chi connectivity index (χ1n) is 9.03. The minimum absolute atomic E-state index is 0. The Bertz CT molecular complexity index is 451. The highest BCUT2D eigenvalue weighted by atomic mass is 35.5. The van der Waals surface area contributed by atoms with Gasteiger partial charge in [-0.15, -0.1) is 24.8 Å². The summed E-state index contributed by atoms with van der Waals surface area (Å²) in [5.41, 5.74) is 6.84. The first kappa shape index (κ1) is 24.2. The Balaban J connectivity index is 0.00000288. The number of benzene rings is 1. The number of piperidine rings is 1. The van der Waals surface area contributed by atoms with Gasteiger partial charge in [-0.1, -0.05) is 43.2 Å². The normalized spacial score (nSPS) is 15.1. The topological polar surface area (TPSA) is 58.4 Å². The maximum Gasteiger partial charge on any atom is 0.220 e. The standard InChI is InChI=1S/C19H31N3O.2ClH/c20-13-7-2-1-6-10-19(23)21-18-11-14-22(15-12-18)16-17-8-4-3-5-9-17;;/h3-5,8-9,18H,1-2,6-7,10-16,20H2,(H,21,23);2*1H. The van der Waals surface area contributed by atoms with Crippen molar-refractivity contribution in [1.29, 1.82) is 0 Å². The summed E-state index contributed by atoms with van der Waals surface area (Å²) < 4.78 is 0.